The van der Waals surface area contributed by atoms with Crippen molar-refractivity contribution in [2.45, 2.75) is 103 Å². The first-order valence-electron chi connectivity index (χ1n) is 11.7. The molecule has 0 amide bonds. The molecule has 0 bridgehead atoms. The van der Waals surface area contributed by atoms with Gasteiger partial charge in [0.2, 0.25) is 0 Å². The summed E-state index contributed by atoms with van der Waals surface area (Å²) in [5.74, 6) is -1.93. The fourth-order valence-electron chi connectivity index (χ4n) is 2.74. The molecule has 0 radical (unpaired) electrons. The zero-order chi connectivity index (χ0) is 26.5. The molecule has 214 valence electrons. The minimum absolute atomic E-state index is 0. The molecule has 0 aromatic rings. The van der Waals surface area contributed by atoms with Gasteiger partial charge in [0.25, 0.3) is 10.1 Å². The molecular weight excluding hydrogens is 529 g/mol. The zero-order valence-corrected chi connectivity index (χ0v) is 25.9. The van der Waals surface area contributed by atoms with Gasteiger partial charge in [-0.25, -0.2) is 0 Å². The van der Waals surface area contributed by atoms with E-state index in [1.165, 1.54) is 6.42 Å². The van der Waals surface area contributed by atoms with Crippen molar-refractivity contribution in [3.8, 4) is 0 Å². The van der Waals surface area contributed by atoms with Gasteiger partial charge in [-0.3, -0.25) is 22.9 Å². The van der Waals surface area contributed by atoms with Gasteiger partial charge < -0.3 is 17.1 Å². The van der Waals surface area contributed by atoms with Crippen molar-refractivity contribution in [1.82, 2.24) is 6.15 Å². The molecule has 0 aromatic heterocycles. The summed E-state index contributed by atoms with van der Waals surface area (Å²) < 4.78 is 71.8. The Bertz CT molecular complexity index is 754. The molecule has 12 nitrogen and oxygen atoms in total. The molecule has 0 rings (SSSR count). The molecule has 0 heterocycles. The van der Waals surface area contributed by atoms with E-state index in [1.54, 1.807) is 0 Å². The van der Waals surface area contributed by atoms with Crippen LogP contribution < -0.4 is 35.7 Å². The normalized spacial score (nSPS) is 11.7. The second kappa shape index (κ2) is 26.3. The first-order valence-corrected chi connectivity index (χ1v) is 14.6. The van der Waals surface area contributed by atoms with E-state index >= 15 is 0 Å². The first kappa shape index (κ1) is 42.8. The smallest absolute Gasteiger partial charge is 1.00 e. The molecule has 5 N–H and O–H groups in total. The third-order valence-electron chi connectivity index (χ3n) is 4.69. The van der Waals surface area contributed by atoms with E-state index in [-0.39, 0.29) is 50.3 Å². The van der Waals surface area contributed by atoms with E-state index in [9.17, 15) is 31.0 Å². The van der Waals surface area contributed by atoms with E-state index in [4.69, 9.17) is 14.0 Å². The molecule has 1 atom stereocenters. The van der Waals surface area contributed by atoms with Gasteiger partial charge >= 0.3 is 51.9 Å². The maximum absolute atomic E-state index is 12.0. The maximum atomic E-state index is 12.0. The van der Waals surface area contributed by atoms with Crippen LogP contribution in [0.25, 0.3) is 0 Å². The van der Waals surface area contributed by atoms with Gasteiger partial charge in [-0.1, -0.05) is 78.1 Å². The quantitative estimate of drug-likeness (QED) is 0.0858. The van der Waals surface area contributed by atoms with Crippen LogP contribution >= 0.6 is 0 Å². The van der Waals surface area contributed by atoms with Crippen LogP contribution in [0.15, 0.2) is 0 Å². The van der Waals surface area contributed by atoms with Gasteiger partial charge in [0.15, 0.2) is 5.25 Å². The van der Waals surface area contributed by atoms with Crippen LogP contribution in [0, 0.1) is 0 Å². The molecule has 15 heteroatoms. The fourth-order valence-corrected chi connectivity index (χ4v) is 3.39. The predicted molar refractivity (Wildman–Crippen MR) is 133 cm³/mol. The van der Waals surface area contributed by atoms with E-state index in [0.29, 0.717) is 12.8 Å². The summed E-state index contributed by atoms with van der Waals surface area (Å²) in [4.78, 5) is 23.8. The van der Waals surface area contributed by atoms with Crippen LogP contribution in [0.5, 0.6) is 0 Å². The second-order valence-electron chi connectivity index (χ2n) is 7.73. The molecule has 0 saturated heterocycles. The second-order valence-corrected chi connectivity index (χ2v) is 10.5. The predicted octanol–water partition coefficient (Wildman–Crippen LogP) is 1.15. The van der Waals surface area contributed by atoms with Gasteiger partial charge in [-0.05, 0) is 12.8 Å². The monoisotopic (exact) mass is 575 g/mol. The van der Waals surface area contributed by atoms with Gasteiger partial charge in [-0.2, -0.15) is 16.8 Å². The standard InChI is InChI=1S/C20H38O7S.CH4O4S.H3N.Na.H/c1-3-5-7-9-11-13-15-26-19(21)17-18(28(23,24)25)20(22)27-16-14-12-10-8-6-4-2;1-5-6(2,3)4;;;/h18H,3-17H2,1-2H3,(H,23,24,25);1H3,(H,2,3,4);1H3;;/q;;;+1;-1. The van der Waals surface area contributed by atoms with Crippen LogP contribution in [-0.4, -0.2) is 63.5 Å². The van der Waals surface area contributed by atoms with Crippen LogP contribution in [0.1, 0.15) is 98.7 Å². The number of carbonyl (C=O) groups is 2. The molecule has 0 saturated carbocycles. The Morgan fingerprint density at radius 3 is 1.47 bits per heavy atom. The zero-order valence-electron chi connectivity index (χ0n) is 23.3. The Balaban J connectivity index is -0.000000337. The van der Waals surface area contributed by atoms with Gasteiger partial charge in [0.05, 0.1) is 26.7 Å². The number of hydrogen-bond acceptors (Lipinski definition) is 10. The summed E-state index contributed by atoms with van der Waals surface area (Å²) in [6.07, 6.45) is 11.3. The van der Waals surface area contributed by atoms with Crippen molar-refractivity contribution in [3.05, 3.63) is 0 Å². The summed E-state index contributed by atoms with van der Waals surface area (Å²) in [6.45, 7) is 4.50. The number of ether oxygens (including phenoxy) is 2. The maximum Gasteiger partial charge on any atom is 1.00 e. The average Bonchev–Trinajstić information content (AvgIpc) is 2.75. The number of rotatable bonds is 19. The van der Waals surface area contributed by atoms with E-state index in [2.05, 4.69) is 18.0 Å². The third kappa shape index (κ3) is 29.9. The van der Waals surface area contributed by atoms with Crippen LogP contribution in [0.2, 0.25) is 0 Å². The topological polar surface area (TPSA) is 206 Å². The van der Waals surface area contributed by atoms with E-state index in [0.717, 1.165) is 64.9 Å². The molecule has 0 aliphatic rings. The molecule has 0 aromatic carbocycles. The van der Waals surface area contributed by atoms with Crippen LogP contribution in [-0.2, 0) is 43.8 Å². The molecule has 0 aliphatic heterocycles. The average molecular weight is 576 g/mol. The summed E-state index contributed by atoms with van der Waals surface area (Å²) in [5.41, 5.74) is 0. The Kier molecular flexibility index (Phi) is 31.2. The third-order valence-corrected chi connectivity index (χ3v) is 6.19. The summed E-state index contributed by atoms with van der Waals surface area (Å²) in [5, 5.41) is -1.93. The number of hydrogen-bond donors (Lipinski definition) is 3. The number of carbonyl (C=O) groups excluding carboxylic acids is 2. The van der Waals surface area contributed by atoms with Crippen molar-refractivity contribution in [3.63, 3.8) is 0 Å². The van der Waals surface area contributed by atoms with E-state index in [1.807, 2.05) is 0 Å². The summed E-state index contributed by atoms with van der Waals surface area (Å²) in [6, 6.07) is 0. The molecule has 0 spiro atoms. The molecule has 1 unspecified atom stereocenters. The number of esters is 2. The number of unbranched alkanes of at least 4 members (excludes halogenated alkanes) is 10. The molecule has 36 heavy (non-hydrogen) atoms. The van der Waals surface area contributed by atoms with Gasteiger partial charge in [0.1, 0.15) is 0 Å². The van der Waals surface area contributed by atoms with Gasteiger partial charge in [0, 0.05) is 0 Å². The fraction of sp³-hybridized carbons (Fsp3) is 0.905. The SMILES string of the molecule is CCCCCCCCOC(=O)CC(C(=O)OCCCCCCCC)S(=O)(=O)O.COS(=O)(=O)O.N.[H-].[Na+]. The Hall–Kier alpha value is -0.320. The van der Waals surface area contributed by atoms with Gasteiger partial charge in [-0.15, -0.1) is 0 Å². The Morgan fingerprint density at radius 2 is 1.11 bits per heavy atom. The molecule has 0 aliphatic carbocycles. The van der Waals surface area contributed by atoms with Crippen molar-refractivity contribution in [1.29, 1.82) is 0 Å². The summed E-state index contributed by atoms with van der Waals surface area (Å²) in [7, 11) is -8.03. The van der Waals surface area contributed by atoms with Crippen LogP contribution in [0.4, 0.5) is 0 Å². The molecule has 0 fully saturated rings. The van der Waals surface area contributed by atoms with Crippen molar-refractivity contribution in [2.75, 3.05) is 20.3 Å². The summed E-state index contributed by atoms with van der Waals surface area (Å²) >= 11 is 0. The van der Waals surface area contributed by atoms with Crippen molar-refractivity contribution < 1.29 is 80.2 Å². The van der Waals surface area contributed by atoms with E-state index < -0.39 is 44.1 Å². The Labute approximate surface area is 240 Å². The van der Waals surface area contributed by atoms with Crippen molar-refractivity contribution in [2.24, 2.45) is 0 Å². The molecular formula is C21H46NNaO11S2. The van der Waals surface area contributed by atoms with Crippen molar-refractivity contribution >= 4 is 32.5 Å². The minimum atomic E-state index is -4.73. The largest absolute Gasteiger partial charge is 1.00 e. The minimum Gasteiger partial charge on any atom is -1.00 e. The first-order chi connectivity index (χ1) is 15.9. The Morgan fingerprint density at radius 1 is 0.750 bits per heavy atom. The van der Waals surface area contributed by atoms with Crippen LogP contribution in [0.3, 0.4) is 0 Å².